The molecule has 0 bridgehead atoms. The molecular formula is C16H25NO2. The molecule has 0 heterocycles. The van der Waals surface area contributed by atoms with Crippen molar-refractivity contribution in [3.8, 4) is 0 Å². The summed E-state index contributed by atoms with van der Waals surface area (Å²) >= 11 is 0. The first kappa shape index (κ1) is 15.7. The monoisotopic (exact) mass is 263 g/mol. The lowest BCUT2D eigenvalue weighted by atomic mass is 9.84. The van der Waals surface area contributed by atoms with Crippen molar-refractivity contribution in [2.45, 2.75) is 59.5 Å². The molecule has 0 saturated carbocycles. The number of hydrogen-bond acceptors (Lipinski definition) is 2. The van der Waals surface area contributed by atoms with Gasteiger partial charge in [-0.25, -0.2) is 0 Å². The van der Waals surface area contributed by atoms with E-state index in [2.05, 4.69) is 52.1 Å². The third kappa shape index (κ3) is 4.06. The molecule has 0 aliphatic carbocycles. The average molecular weight is 263 g/mol. The topological polar surface area (TPSA) is 49.3 Å². The SMILES string of the molecule is Cc1cc(C(C)(C)C)cc(C)c1CNC(C)C(=O)O. The predicted octanol–water partition coefficient (Wildman–Crippen LogP) is 3.16. The van der Waals surface area contributed by atoms with Crippen LogP contribution in [0.2, 0.25) is 0 Å². The number of carboxylic acids is 1. The van der Waals surface area contributed by atoms with E-state index < -0.39 is 12.0 Å². The standard InChI is InChI=1S/C16H25NO2/c1-10-7-13(16(4,5)6)8-11(2)14(10)9-17-12(3)15(18)19/h7-8,12,17H,9H2,1-6H3,(H,18,19). The molecule has 0 aromatic heterocycles. The van der Waals surface area contributed by atoms with Gasteiger partial charge in [0.05, 0.1) is 0 Å². The van der Waals surface area contributed by atoms with Crippen LogP contribution >= 0.6 is 0 Å². The van der Waals surface area contributed by atoms with E-state index in [1.807, 2.05) is 0 Å². The molecule has 1 rings (SSSR count). The highest BCUT2D eigenvalue weighted by Crippen LogP contribution is 2.26. The third-order valence-electron chi connectivity index (χ3n) is 3.52. The van der Waals surface area contributed by atoms with Crippen LogP contribution in [0.1, 0.15) is 49.9 Å². The molecule has 2 N–H and O–H groups in total. The number of hydrogen-bond donors (Lipinski definition) is 2. The van der Waals surface area contributed by atoms with Gasteiger partial charge >= 0.3 is 5.97 Å². The number of rotatable bonds is 4. The van der Waals surface area contributed by atoms with E-state index in [1.54, 1.807) is 6.92 Å². The van der Waals surface area contributed by atoms with E-state index >= 15 is 0 Å². The van der Waals surface area contributed by atoms with Crippen LogP contribution in [0.3, 0.4) is 0 Å². The zero-order valence-corrected chi connectivity index (χ0v) is 12.8. The van der Waals surface area contributed by atoms with Gasteiger partial charge in [-0.15, -0.1) is 0 Å². The summed E-state index contributed by atoms with van der Waals surface area (Å²) < 4.78 is 0. The highest BCUT2D eigenvalue weighted by atomic mass is 16.4. The number of carbonyl (C=O) groups is 1. The molecule has 106 valence electrons. The Labute approximate surface area is 116 Å². The lowest BCUT2D eigenvalue weighted by Gasteiger charge is -2.23. The zero-order valence-electron chi connectivity index (χ0n) is 12.8. The summed E-state index contributed by atoms with van der Waals surface area (Å²) in [5, 5.41) is 11.9. The van der Waals surface area contributed by atoms with Gasteiger partial charge in [-0.3, -0.25) is 4.79 Å². The Morgan fingerprint density at radius 3 is 2.11 bits per heavy atom. The number of benzene rings is 1. The molecule has 3 nitrogen and oxygen atoms in total. The van der Waals surface area contributed by atoms with Crippen molar-refractivity contribution in [3.63, 3.8) is 0 Å². The fraction of sp³-hybridized carbons (Fsp3) is 0.562. The van der Waals surface area contributed by atoms with Gasteiger partial charge in [0.1, 0.15) is 6.04 Å². The minimum Gasteiger partial charge on any atom is -0.480 e. The number of nitrogens with one attached hydrogen (secondary N) is 1. The average Bonchev–Trinajstić information content (AvgIpc) is 2.25. The van der Waals surface area contributed by atoms with E-state index in [4.69, 9.17) is 5.11 Å². The summed E-state index contributed by atoms with van der Waals surface area (Å²) in [6.07, 6.45) is 0. The highest BCUT2D eigenvalue weighted by Gasteiger charge is 2.17. The summed E-state index contributed by atoms with van der Waals surface area (Å²) in [6, 6.07) is 3.88. The predicted molar refractivity (Wildman–Crippen MR) is 78.6 cm³/mol. The van der Waals surface area contributed by atoms with E-state index in [9.17, 15) is 4.79 Å². The van der Waals surface area contributed by atoms with E-state index in [-0.39, 0.29) is 5.41 Å². The third-order valence-corrected chi connectivity index (χ3v) is 3.52. The Hall–Kier alpha value is -1.35. The first-order valence-electron chi connectivity index (χ1n) is 6.69. The maximum atomic E-state index is 10.8. The van der Waals surface area contributed by atoms with Crippen LogP contribution in [0.25, 0.3) is 0 Å². The first-order valence-corrected chi connectivity index (χ1v) is 6.69. The molecule has 1 unspecified atom stereocenters. The van der Waals surface area contributed by atoms with E-state index in [0.29, 0.717) is 6.54 Å². The molecule has 19 heavy (non-hydrogen) atoms. The maximum Gasteiger partial charge on any atom is 0.320 e. The zero-order chi connectivity index (χ0) is 14.8. The van der Waals surface area contributed by atoms with Crippen LogP contribution in [0.4, 0.5) is 0 Å². The minimum atomic E-state index is -0.818. The smallest absolute Gasteiger partial charge is 0.320 e. The number of aliphatic carboxylic acids is 1. The Bertz CT molecular complexity index is 449. The van der Waals surface area contributed by atoms with Gasteiger partial charge in [0.25, 0.3) is 0 Å². The van der Waals surface area contributed by atoms with Gasteiger partial charge in [-0.1, -0.05) is 32.9 Å². The van der Waals surface area contributed by atoms with Crippen LogP contribution in [0.5, 0.6) is 0 Å². The fourth-order valence-corrected chi connectivity index (χ4v) is 2.05. The highest BCUT2D eigenvalue weighted by molar-refractivity contribution is 5.72. The lowest BCUT2D eigenvalue weighted by Crippen LogP contribution is -2.33. The van der Waals surface area contributed by atoms with E-state index in [1.165, 1.54) is 22.3 Å². The molecule has 0 aliphatic heterocycles. The van der Waals surface area contributed by atoms with Crippen molar-refractivity contribution in [2.24, 2.45) is 0 Å². The van der Waals surface area contributed by atoms with E-state index in [0.717, 1.165) is 0 Å². The minimum absolute atomic E-state index is 0.135. The number of aryl methyl sites for hydroxylation is 2. The van der Waals surface area contributed by atoms with Gasteiger partial charge < -0.3 is 10.4 Å². The summed E-state index contributed by atoms with van der Waals surface area (Å²) in [5.41, 5.74) is 5.08. The molecule has 0 spiro atoms. The van der Waals surface area contributed by atoms with Crippen molar-refractivity contribution in [2.75, 3.05) is 0 Å². The van der Waals surface area contributed by atoms with Crippen LogP contribution in [0, 0.1) is 13.8 Å². The van der Waals surface area contributed by atoms with Crippen LogP contribution in [-0.2, 0) is 16.8 Å². The summed E-state index contributed by atoms with van der Waals surface area (Å²) in [5.74, 6) is -0.818. The molecule has 1 aromatic carbocycles. The molecule has 0 radical (unpaired) electrons. The Morgan fingerprint density at radius 1 is 1.26 bits per heavy atom. The van der Waals surface area contributed by atoms with Crippen LogP contribution in [-0.4, -0.2) is 17.1 Å². The number of carboxylic acid groups (broad SMARTS) is 1. The summed E-state index contributed by atoms with van der Waals surface area (Å²) in [6.45, 7) is 13.0. The van der Waals surface area contributed by atoms with Crippen molar-refractivity contribution in [3.05, 3.63) is 34.4 Å². The molecule has 1 atom stereocenters. The lowest BCUT2D eigenvalue weighted by molar-refractivity contribution is -0.139. The normalized spacial score (nSPS) is 13.4. The van der Waals surface area contributed by atoms with Gasteiger partial charge in [0, 0.05) is 6.54 Å². The molecule has 0 saturated heterocycles. The van der Waals surface area contributed by atoms with Crippen molar-refractivity contribution >= 4 is 5.97 Å². The van der Waals surface area contributed by atoms with Gasteiger partial charge in [0.15, 0.2) is 0 Å². The molecule has 3 heteroatoms. The van der Waals surface area contributed by atoms with Crippen molar-refractivity contribution in [1.82, 2.24) is 5.32 Å². The Balaban J connectivity index is 2.95. The molecule has 1 aromatic rings. The summed E-state index contributed by atoms with van der Waals surface area (Å²) in [7, 11) is 0. The van der Waals surface area contributed by atoms with Crippen molar-refractivity contribution < 1.29 is 9.90 Å². The molecule has 0 fully saturated rings. The maximum absolute atomic E-state index is 10.8. The summed E-state index contributed by atoms with van der Waals surface area (Å²) in [4.78, 5) is 10.8. The Kier molecular flexibility index (Phi) is 4.75. The Morgan fingerprint density at radius 2 is 1.74 bits per heavy atom. The molecule has 0 aliphatic rings. The van der Waals surface area contributed by atoms with Gasteiger partial charge in [-0.05, 0) is 48.4 Å². The molecule has 0 amide bonds. The largest absolute Gasteiger partial charge is 0.480 e. The molecular weight excluding hydrogens is 238 g/mol. The van der Waals surface area contributed by atoms with Gasteiger partial charge in [-0.2, -0.15) is 0 Å². The van der Waals surface area contributed by atoms with Crippen molar-refractivity contribution in [1.29, 1.82) is 0 Å². The van der Waals surface area contributed by atoms with Crippen LogP contribution < -0.4 is 5.32 Å². The van der Waals surface area contributed by atoms with Crippen LogP contribution in [0.15, 0.2) is 12.1 Å². The quantitative estimate of drug-likeness (QED) is 0.877. The fourth-order valence-electron chi connectivity index (χ4n) is 2.05. The first-order chi connectivity index (χ1) is 8.62. The van der Waals surface area contributed by atoms with Gasteiger partial charge in [0.2, 0.25) is 0 Å². The second-order valence-corrected chi connectivity index (χ2v) is 6.28. The second-order valence-electron chi connectivity index (χ2n) is 6.28. The second kappa shape index (κ2) is 5.74.